The topological polar surface area (TPSA) is 109 Å². The van der Waals surface area contributed by atoms with Crippen LogP contribution in [0.5, 0.6) is 0 Å². The van der Waals surface area contributed by atoms with Crippen molar-refractivity contribution >= 4 is 24.0 Å². The predicted octanol–water partition coefficient (Wildman–Crippen LogP) is 1.02. The molecule has 1 aromatic rings. The Morgan fingerprint density at radius 1 is 1.11 bits per heavy atom. The van der Waals surface area contributed by atoms with Gasteiger partial charge >= 0.3 is 11.9 Å². The number of carbonyl (C=O) groups is 4. The molecule has 0 aliphatic rings. The molecule has 0 unspecified atom stereocenters. The summed E-state index contributed by atoms with van der Waals surface area (Å²) >= 11 is 0. The zero-order valence-electron chi connectivity index (χ0n) is 9.20. The van der Waals surface area contributed by atoms with Gasteiger partial charge in [0.2, 0.25) is 0 Å². The SMILES string of the molecule is C=CC(=O)C(=O)O.O=Cc1ccccc1C(=O)O. The van der Waals surface area contributed by atoms with Crippen molar-refractivity contribution in [1.29, 1.82) is 0 Å². The molecule has 0 heterocycles. The summed E-state index contributed by atoms with van der Waals surface area (Å²) in [6.45, 7) is 2.95. The highest BCUT2D eigenvalue weighted by Gasteiger charge is 2.06. The Morgan fingerprint density at radius 2 is 1.67 bits per heavy atom. The number of hydrogen-bond donors (Lipinski definition) is 2. The van der Waals surface area contributed by atoms with Gasteiger partial charge in [-0.2, -0.15) is 0 Å². The van der Waals surface area contributed by atoms with Crippen LogP contribution in [0.4, 0.5) is 0 Å². The molecular weight excluding hydrogens is 240 g/mol. The van der Waals surface area contributed by atoms with Gasteiger partial charge in [-0.15, -0.1) is 0 Å². The van der Waals surface area contributed by atoms with Gasteiger partial charge in [-0.05, 0) is 12.1 Å². The second kappa shape index (κ2) is 7.50. The van der Waals surface area contributed by atoms with Crippen molar-refractivity contribution in [2.24, 2.45) is 0 Å². The number of aromatic carboxylic acids is 1. The lowest BCUT2D eigenvalue weighted by Gasteiger charge is -1.95. The Kier molecular flexibility index (Phi) is 6.35. The monoisotopic (exact) mass is 250 g/mol. The first-order chi connectivity index (χ1) is 8.43. The first kappa shape index (κ1) is 15.2. The van der Waals surface area contributed by atoms with E-state index in [4.69, 9.17) is 10.2 Å². The first-order valence-electron chi connectivity index (χ1n) is 4.61. The predicted molar refractivity (Wildman–Crippen MR) is 61.6 cm³/mol. The van der Waals surface area contributed by atoms with E-state index in [0.29, 0.717) is 6.29 Å². The quantitative estimate of drug-likeness (QED) is 0.469. The van der Waals surface area contributed by atoms with Gasteiger partial charge in [-0.3, -0.25) is 9.59 Å². The van der Waals surface area contributed by atoms with Crippen LogP contribution in [0.3, 0.4) is 0 Å². The molecule has 6 heteroatoms. The summed E-state index contributed by atoms with van der Waals surface area (Å²) in [6, 6.07) is 6.06. The van der Waals surface area contributed by atoms with E-state index in [-0.39, 0.29) is 11.1 Å². The van der Waals surface area contributed by atoms with Crippen molar-refractivity contribution in [3.8, 4) is 0 Å². The number of aldehydes is 1. The van der Waals surface area contributed by atoms with E-state index in [0.717, 1.165) is 6.08 Å². The lowest BCUT2D eigenvalue weighted by molar-refractivity contribution is -0.146. The van der Waals surface area contributed by atoms with Crippen LogP contribution in [-0.4, -0.2) is 34.2 Å². The lowest BCUT2D eigenvalue weighted by atomic mass is 10.1. The summed E-state index contributed by atoms with van der Waals surface area (Å²) in [4.78, 5) is 40.0. The molecule has 0 aliphatic carbocycles. The van der Waals surface area contributed by atoms with Crippen LogP contribution in [-0.2, 0) is 9.59 Å². The molecule has 1 rings (SSSR count). The Labute approximate surface area is 102 Å². The summed E-state index contributed by atoms with van der Waals surface area (Å²) in [5.74, 6) is -3.51. The van der Waals surface area contributed by atoms with Gasteiger partial charge in [-0.25, -0.2) is 9.59 Å². The summed E-state index contributed by atoms with van der Waals surface area (Å²) in [6.07, 6.45) is 1.28. The summed E-state index contributed by atoms with van der Waals surface area (Å²) in [7, 11) is 0. The van der Waals surface area contributed by atoms with E-state index in [9.17, 15) is 19.2 Å². The smallest absolute Gasteiger partial charge is 0.376 e. The highest BCUT2D eigenvalue weighted by atomic mass is 16.4. The van der Waals surface area contributed by atoms with E-state index < -0.39 is 17.7 Å². The molecular formula is C12H10O6. The fraction of sp³-hybridized carbons (Fsp3) is 0. The van der Waals surface area contributed by atoms with Crippen LogP contribution < -0.4 is 0 Å². The van der Waals surface area contributed by atoms with Crippen LogP contribution in [0.15, 0.2) is 36.9 Å². The van der Waals surface area contributed by atoms with Crippen molar-refractivity contribution in [3.63, 3.8) is 0 Å². The van der Waals surface area contributed by atoms with Gasteiger partial charge in [0.25, 0.3) is 5.78 Å². The molecule has 2 N–H and O–H groups in total. The molecule has 0 amide bonds. The van der Waals surface area contributed by atoms with E-state index in [1.54, 1.807) is 12.1 Å². The second-order valence-electron chi connectivity index (χ2n) is 2.88. The molecule has 0 spiro atoms. The number of carboxylic acid groups (broad SMARTS) is 2. The lowest BCUT2D eigenvalue weighted by Crippen LogP contribution is -2.07. The molecule has 18 heavy (non-hydrogen) atoms. The fourth-order valence-electron chi connectivity index (χ4n) is 0.882. The number of benzene rings is 1. The molecule has 6 nitrogen and oxygen atoms in total. The standard InChI is InChI=1S/C8H6O3.C4H4O3/c9-5-6-3-1-2-4-7(6)8(10)11;1-2-3(5)4(6)7/h1-5H,(H,10,11);2H,1H2,(H,6,7). The van der Waals surface area contributed by atoms with Crippen LogP contribution >= 0.6 is 0 Å². The Bertz CT molecular complexity index is 489. The molecule has 0 radical (unpaired) electrons. The van der Waals surface area contributed by atoms with Gasteiger partial charge in [0.05, 0.1) is 5.56 Å². The Balaban J connectivity index is 0.000000360. The average molecular weight is 250 g/mol. The second-order valence-corrected chi connectivity index (χ2v) is 2.88. The Hall–Kier alpha value is -2.76. The summed E-state index contributed by atoms with van der Waals surface area (Å²) in [5, 5.41) is 16.3. The van der Waals surface area contributed by atoms with E-state index in [1.807, 2.05) is 0 Å². The van der Waals surface area contributed by atoms with Crippen molar-refractivity contribution < 1.29 is 29.4 Å². The van der Waals surface area contributed by atoms with Crippen LogP contribution in [0.2, 0.25) is 0 Å². The minimum atomic E-state index is -1.46. The highest BCUT2D eigenvalue weighted by Crippen LogP contribution is 2.04. The average Bonchev–Trinajstić information content (AvgIpc) is 2.38. The maximum Gasteiger partial charge on any atom is 0.376 e. The maximum atomic E-state index is 10.4. The third kappa shape index (κ3) is 4.84. The van der Waals surface area contributed by atoms with Crippen molar-refractivity contribution in [2.45, 2.75) is 0 Å². The number of carbonyl (C=O) groups excluding carboxylic acids is 2. The molecule has 0 aliphatic heterocycles. The molecule has 1 aromatic carbocycles. The largest absolute Gasteiger partial charge is 0.478 e. The normalized spacial score (nSPS) is 8.44. The van der Waals surface area contributed by atoms with E-state index in [2.05, 4.69) is 6.58 Å². The van der Waals surface area contributed by atoms with Crippen molar-refractivity contribution in [1.82, 2.24) is 0 Å². The van der Waals surface area contributed by atoms with Gasteiger partial charge in [0.15, 0.2) is 6.29 Å². The minimum absolute atomic E-state index is 0.0440. The molecule has 0 aromatic heterocycles. The molecule has 0 saturated heterocycles. The number of hydrogen-bond acceptors (Lipinski definition) is 4. The molecule has 0 saturated carbocycles. The van der Waals surface area contributed by atoms with Crippen LogP contribution in [0.25, 0.3) is 0 Å². The third-order valence-electron chi connectivity index (χ3n) is 1.71. The van der Waals surface area contributed by atoms with Crippen LogP contribution in [0.1, 0.15) is 20.7 Å². The molecule has 0 bridgehead atoms. The maximum absolute atomic E-state index is 10.4. The van der Waals surface area contributed by atoms with Gasteiger partial charge in [0, 0.05) is 5.56 Å². The number of ketones is 1. The van der Waals surface area contributed by atoms with Crippen molar-refractivity contribution in [2.75, 3.05) is 0 Å². The first-order valence-corrected chi connectivity index (χ1v) is 4.61. The third-order valence-corrected chi connectivity index (χ3v) is 1.71. The van der Waals surface area contributed by atoms with Crippen molar-refractivity contribution in [3.05, 3.63) is 48.0 Å². The minimum Gasteiger partial charge on any atom is -0.478 e. The molecule has 94 valence electrons. The molecule has 0 fully saturated rings. The number of rotatable bonds is 4. The molecule has 0 atom stereocenters. The summed E-state index contributed by atoms with van der Waals surface area (Å²) < 4.78 is 0. The summed E-state index contributed by atoms with van der Waals surface area (Å²) in [5.41, 5.74) is 0.252. The van der Waals surface area contributed by atoms with E-state index in [1.165, 1.54) is 12.1 Å². The number of aliphatic carboxylic acids is 1. The fourth-order valence-corrected chi connectivity index (χ4v) is 0.882. The van der Waals surface area contributed by atoms with Gasteiger partial charge in [-0.1, -0.05) is 24.8 Å². The highest BCUT2D eigenvalue weighted by molar-refractivity contribution is 6.37. The number of carboxylic acids is 2. The van der Waals surface area contributed by atoms with E-state index >= 15 is 0 Å². The zero-order valence-corrected chi connectivity index (χ0v) is 9.20. The zero-order chi connectivity index (χ0) is 14.1. The van der Waals surface area contributed by atoms with Gasteiger partial charge in [0.1, 0.15) is 0 Å². The van der Waals surface area contributed by atoms with Gasteiger partial charge < -0.3 is 10.2 Å². The Morgan fingerprint density at radius 3 is 1.94 bits per heavy atom. The van der Waals surface area contributed by atoms with Crippen LogP contribution in [0, 0.1) is 0 Å².